The van der Waals surface area contributed by atoms with E-state index in [-0.39, 0.29) is 138 Å². The number of hydrogen-bond donors (Lipinski definition) is 4. The van der Waals surface area contributed by atoms with Crippen molar-refractivity contribution in [3.8, 4) is 22.5 Å². The van der Waals surface area contributed by atoms with Crippen molar-refractivity contribution in [2.24, 2.45) is 0 Å². The van der Waals surface area contributed by atoms with E-state index >= 15 is 0 Å². The summed E-state index contributed by atoms with van der Waals surface area (Å²) in [7, 11) is 3.11. The smallest absolute Gasteiger partial charge is 0.744 e. The molecule has 2 amide bonds. The first kappa shape index (κ1) is 74.6. The van der Waals surface area contributed by atoms with E-state index < -0.39 is 26.9 Å². The molecule has 0 bridgehead atoms. The molecule has 23 heteroatoms. The quantitative estimate of drug-likeness (QED) is 0.00745. The number of fused-ring (bicyclic) bond motifs is 4. The van der Waals surface area contributed by atoms with E-state index in [0.29, 0.717) is 57.3 Å². The van der Waals surface area contributed by atoms with Crippen LogP contribution in [0.3, 0.4) is 0 Å². The molecular formula is C74H69K2N6O13S2+. The van der Waals surface area contributed by atoms with Crippen LogP contribution in [0.25, 0.3) is 33.4 Å². The molecule has 1 aliphatic carbocycles. The van der Waals surface area contributed by atoms with Gasteiger partial charge >= 0.3 is 109 Å². The summed E-state index contributed by atoms with van der Waals surface area (Å²) in [5, 5.41) is 41.5. The third-order valence-corrected chi connectivity index (χ3v) is 18.8. The number of anilines is 2. The molecule has 97 heavy (non-hydrogen) atoms. The van der Waals surface area contributed by atoms with Crippen LogP contribution in [0.4, 0.5) is 17.1 Å². The number of carbonyl (C=O) groups excluding carboxylic acids is 2. The molecule has 0 aromatic heterocycles. The van der Waals surface area contributed by atoms with Gasteiger partial charge in [-0.15, -0.1) is 17.7 Å². The Hall–Kier alpha value is -6.67. The normalized spacial score (nSPS) is 14.2. The standard InChI is InChI=1S/C74H70N6O13S2.2K/c1-73(2)61-39-56(94-93-92-86)29-34-63(61)79(67(73)12-10-9-11-13-68-74(3,4)62-40-57(95(87,88)89)30-35-64(62)80(68)44-49-20-24-51(25-21-49)72(83)84)43-48-18-22-50(23-19-48)70(81)75-41-46-14-16-47(17-15-46)42-76-71(82)52-26-31-58(53(36-52)45-90-85)69-59-32-27-54(77(5)6)37-65(59)91-66-38-55(78(7)8)28-33-60(66)69;;/h9-40,45H,41-44H2,1-8H3,(H5-,75,76,81,82,83,84,85,86,87,88,89);;/q;2*+1/p-1. The molecule has 0 spiro atoms. The summed E-state index contributed by atoms with van der Waals surface area (Å²) in [6.45, 7) is 10.6. The number of carbonyl (C=O) groups is 3. The molecule has 3 aliphatic heterocycles. The Morgan fingerprint density at radius 2 is 1.36 bits per heavy atom. The van der Waals surface area contributed by atoms with Gasteiger partial charge in [-0.25, -0.2) is 17.8 Å². The Bertz CT molecular complexity index is 4770. The van der Waals surface area contributed by atoms with Gasteiger partial charge in [0, 0.05) is 113 Å². The number of carboxylic acid groups (broad SMARTS) is 1. The van der Waals surface area contributed by atoms with Crippen LogP contribution in [0.15, 0.2) is 214 Å². The predicted molar refractivity (Wildman–Crippen MR) is 362 cm³/mol. The number of rotatable bonds is 22. The topological polar surface area (TPSA) is 249 Å². The van der Waals surface area contributed by atoms with Crippen molar-refractivity contribution in [1.82, 2.24) is 15.2 Å². The van der Waals surface area contributed by atoms with Gasteiger partial charge in [-0.2, -0.15) is 14.5 Å². The first-order valence-electron chi connectivity index (χ1n) is 30.3. The molecule has 4 aliphatic rings. The van der Waals surface area contributed by atoms with Crippen molar-refractivity contribution in [1.29, 1.82) is 0 Å². The Labute approximate surface area is 652 Å². The summed E-state index contributed by atoms with van der Waals surface area (Å²) >= 11 is 0.806. The monoisotopic (exact) mass is 1390 g/mol. The molecule has 7 aromatic carbocycles. The van der Waals surface area contributed by atoms with Crippen molar-refractivity contribution in [2.45, 2.75) is 74.5 Å². The largest absolute Gasteiger partial charge is 1.00 e. The molecule has 0 unspecified atom stereocenters. The predicted octanol–water partition coefficient (Wildman–Crippen LogP) is 5.57. The maximum Gasteiger partial charge on any atom is 1.00 e. The molecule has 3 heterocycles. The van der Waals surface area contributed by atoms with Gasteiger partial charge in [0.2, 0.25) is 17.0 Å². The maximum atomic E-state index is 13.7. The van der Waals surface area contributed by atoms with Crippen molar-refractivity contribution < 1.29 is 169 Å². The second-order valence-corrected chi connectivity index (χ2v) is 26.8. The number of nitrogens with one attached hydrogen (secondary N) is 2. The summed E-state index contributed by atoms with van der Waals surface area (Å²) in [4.78, 5) is 48.1. The molecule has 0 saturated heterocycles. The second kappa shape index (κ2) is 31.7. The van der Waals surface area contributed by atoms with Gasteiger partial charge in [0.15, 0.2) is 12.3 Å². The average Bonchev–Trinajstić information content (AvgIpc) is 1.75. The van der Waals surface area contributed by atoms with Gasteiger partial charge in [0.05, 0.1) is 34.0 Å². The van der Waals surface area contributed by atoms with Crippen molar-refractivity contribution in [3.63, 3.8) is 0 Å². The molecule has 4 N–H and O–H groups in total. The minimum absolute atomic E-state index is 0. The molecule has 0 saturated carbocycles. The number of nitrogens with zero attached hydrogens (tertiary/aromatic N) is 4. The first-order valence-corrected chi connectivity index (χ1v) is 32.5. The van der Waals surface area contributed by atoms with Crippen molar-refractivity contribution in [2.75, 3.05) is 38.0 Å². The zero-order chi connectivity index (χ0) is 67.5. The van der Waals surface area contributed by atoms with E-state index in [0.717, 1.165) is 90.1 Å². The Kier molecular flexibility index (Phi) is 24.3. The van der Waals surface area contributed by atoms with E-state index in [1.165, 1.54) is 30.9 Å². The molecule has 0 fully saturated rings. The van der Waals surface area contributed by atoms with E-state index in [4.69, 9.17) is 4.42 Å². The van der Waals surface area contributed by atoms with Crippen LogP contribution in [0.5, 0.6) is 0 Å². The number of hydrogen-bond acceptors (Lipinski definition) is 15. The van der Waals surface area contributed by atoms with E-state index in [1.54, 1.807) is 42.5 Å². The summed E-state index contributed by atoms with van der Waals surface area (Å²) in [6.07, 6.45) is 9.69. The molecule has 486 valence electrons. The zero-order valence-electron chi connectivity index (χ0n) is 55.4. The minimum atomic E-state index is -4.75. The van der Waals surface area contributed by atoms with Crippen LogP contribution in [0.1, 0.15) is 97.7 Å². The van der Waals surface area contributed by atoms with E-state index in [2.05, 4.69) is 43.6 Å². The summed E-state index contributed by atoms with van der Waals surface area (Å²) in [6, 6.07) is 48.9. The number of amides is 2. The summed E-state index contributed by atoms with van der Waals surface area (Å²) in [5.41, 5.74) is 12.7. The fourth-order valence-electron chi connectivity index (χ4n) is 12.3. The van der Waals surface area contributed by atoms with Crippen LogP contribution < -0.4 is 138 Å². The third kappa shape index (κ3) is 16.5. The number of aromatic carboxylic acids is 1. The SMILES string of the molecule is CN(C)c1ccc2c(-c3ccc(C(=O)NCc4ccc(CNC(=O)c5ccc(CN6\C(=C/C=C/C=C/C7=[N+](Cc8ccc(C(=O)O)cc8)c8ccc(S(=O)(=O)[O-])cc8C7(C)C)C(C)(C)c7cc(SOO[O-])ccc76)cc5)cc4)cc3[CH-]OO)c3ccc(=[N+](C)C)cc-3oc2c1.[K+].[K+]. The minimum Gasteiger partial charge on any atom is -0.744 e. The van der Waals surface area contributed by atoms with Crippen molar-refractivity contribution >= 4 is 73.7 Å². The zero-order valence-corrected chi connectivity index (χ0v) is 63.3. The maximum absolute atomic E-state index is 13.7. The van der Waals surface area contributed by atoms with Gasteiger partial charge in [0.25, 0.3) is 5.91 Å². The number of carboxylic acids is 1. The Morgan fingerprint density at radius 3 is 2.00 bits per heavy atom. The van der Waals surface area contributed by atoms with Gasteiger partial charge in [-0.1, -0.05) is 92.2 Å². The second-order valence-electron chi connectivity index (χ2n) is 24.7. The van der Waals surface area contributed by atoms with Crippen LogP contribution >= 0.6 is 12.0 Å². The van der Waals surface area contributed by atoms with E-state index in [9.17, 15) is 43.0 Å². The third-order valence-electron chi connectivity index (χ3n) is 17.4. The van der Waals surface area contributed by atoms with Crippen LogP contribution in [0, 0.1) is 6.61 Å². The average molecular weight is 1390 g/mol. The molecule has 11 rings (SSSR count). The molecular weight excluding hydrogens is 1320 g/mol. The van der Waals surface area contributed by atoms with Crippen LogP contribution in [-0.2, 0) is 61.4 Å². The number of allylic oxidation sites excluding steroid dienone is 6. The van der Waals surface area contributed by atoms with E-state index in [1.807, 2.05) is 184 Å². The van der Waals surface area contributed by atoms with Gasteiger partial charge in [-0.05, 0) is 127 Å². The van der Waals surface area contributed by atoms with Gasteiger partial charge < -0.3 is 39.8 Å². The summed E-state index contributed by atoms with van der Waals surface area (Å²) in [5.74, 6) is -0.969. The fraction of sp³-hybridized carbons (Fsp3) is 0.189. The fourth-order valence-corrected chi connectivity index (χ4v) is 13.2. The molecule has 19 nitrogen and oxygen atoms in total. The van der Waals surface area contributed by atoms with Crippen molar-refractivity contribution in [3.05, 3.63) is 267 Å². The molecule has 0 atom stereocenters. The molecule has 0 radical (unpaired) electrons. The Morgan fingerprint density at radius 1 is 0.722 bits per heavy atom. The summed E-state index contributed by atoms with van der Waals surface area (Å²) < 4.78 is 51.8. The Balaban J connectivity index is 0.00000551. The number of benzene rings is 8. The first-order chi connectivity index (χ1) is 45.4. The molecule has 7 aromatic rings. The van der Waals surface area contributed by atoms with Gasteiger partial charge in [-0.3, -0.25) is 24.8 Å². The van der Waals surface area contributed by atoms with Crippen LogP contribution in [-0.4, -0.2) is 79.6 Å². The van der Waals surface area contributed by atoms with Crippen LogP contribution in [0.2, 0.25) is 0 Å². The van der Waals surface area contributed by atoms with Gasteiger partial charge in [0.1, 0.15) is 35.6 Å².